The van der Waals surface area contributed by atoms with E-state index in [-0.39, 0.29) is 22.2 Å². The fourth-order valence-corrected chi connectivity index (χ4v) is 3.66. The van der Waals surface area contributed by atoms with Crippen molar-refractivity contribution in [3.8, 4) is 0 Å². The molecule has 25 heavy (non-hydrogen) atoms. The molecule has 2 aromatic rings. The van der Waals surface area contributed by atoms with Gasteiger partial charge in [-0.3, -0.25) is 10.1 Å². The molecule has 1 atom stereocenters. The number of fused-ring (bicyclic) bond motifs is 1. The lowest BCUT2D eigenvalue weighted by atomic mass is 9.99. The van der Waals surface area contributed by atoms with Crippen LogP contribution in [0.3, 0.4) is 0 Å². The summed E-state index contributed by atoms with van der Waals surface area (Å²) in [6.07, 6.45) is 2.04. The highest BCUT2D eigenvalue weighted by Crippen LogP contribution is 2.34. The minimum absolute atomic E-state index is 0.0934. The highest BCUT2D eigenvalue weighted by molar-refractivity contribution is 7.80. The quantitative estimate of drug-likeness (QED) is 0.506. The monoisotopic (exact) mass is 358 g/mol. The van der Waals surface area contributed by atoms with E-state index in [1.807, 2.05) is 18.3 Å². The lowest BCUT2D eigenvalue weighted by molar-refractivity contribution is -0.384. The van der Waals surface area contributed by atoms with Crippen molar-refractivity contribution in [2.24, 2.45) is 0 Å². The van der Waals surface area contributed by atoms with Crippen LogP contribution in [-0.4, -0.2) is 31.6 Å². The third kappa shape index (κ3) is 3.66. The molecule has 0 amide bonds. The van der Waals surface area contributed by atoms with Crippen molar-refractivity contribution >= 4 is 23.0 Å². The van der Waals surface area contributed by atoms with Crippen molar-refractivity contribution in [1.82, 2.24) is 14.8 Å². The number of nitro groups is 1. The fourth-order valence-electron chi connectivity index (χ4n) is 3.15. The molecule has 0 radical (unpaired) electrons. The summed E-state index contributed by atoms with van der Waals surface area (Å²) >= 11 is 5.66. The van der Waals surface area contributed by atoms with E-state index in [2.05, 4.69) is 41.6 Å². The van der Waals surface area contributed by atoms with Crippen LogP contribution in [0.4, 0.5) is 5.69 Å². The third-order valence-electron chi connectivity index (χ3n) is 4.18. The molecule has 0 spiro atoms. The lowest BCUT2D eigenvalue weighted by Gasteiger charge is -2.40. The second-order valence-electron chi connectivity index (χ2n) is 7.25. The maximum atomic E-state index is 11.2. The Morgan fingerprint density at radius 1 is 1.28 bits per heavy atom. The number of benzene rings is 1. The second kappa shape index (κ2) is 6.48. The molecule has 0 bridgehead atoms. The number of rotatable bonds is 2. The molecule has 132 valence electrons. The number of aromatic nitrogens is 1. The minimum atomic E-state index is -0.360. The molecule has 1 N–H and O–H groups in total. The molecular formula is C18H22N4O2S. The molecule has 1 unspecified atom stereocenters. The number of nitrogens with one attached hydrogen (secondary N) is 1. The van der Waals surface area contributed by atoms with Crippen LogP contribution in [0.5, 0.6) is 0 Å². The Labute approximate surface area is 152 Å². The van der Waals surface area contributed by atoms with E-state index < -0.39 is 0 Å². The van der Waals surface area contributed by atoms with Crippen LogP contribution < -0.4 is 5.32 Å². The summed E-state index contributed by atoms with van der Waals surface area (Å²) in [7, 11) is 0. The first kappa shape index (κ1) is 17.4. The first-order valence-electron chi connectivity index (χ1n) is 8.24. The first-order valence-corrected chi connectivity index (χ1v) is 8.65. The van der Waals surface area contributed by atoms with Gasteiger partial charge in [0, 0.05) is 42.7 Å². The van der Waals surface area contributed by atoms with Crippen LogP contribution in [0.2, 0.25) is 0 Å². The Bertz CT molecular complexity index is 809. The van der Waals surface area contributed by atoms with Crippen molar-refractivity contribution in [2.75, 3.05) is 6.54 Å². The molecule has 6 nitrogen and oxygen atoms in total. The maximum Gasteiger partial charge on any atom is 0.269 e. The highest BCUT2D eigenvalue weighted by Gasteiger charge is 2.32. The molecule has 1 aliphatic heterocycles. The van der Waals surface area contributed by atoms with E-state index in [0.29, 0.717) is 5.11 Å². The second-order valence-corrected chi connectivity index (χ2v) is 7.64. The van der Waals surface area contributed by atoms with Crippen molar-refractivity contribution < 1.29 is 4.92 Å². The zero-order chi connectivity index (χ0) is 18.2. The van der Waals surface area contributed by atoms with E-state index in [4.69, 9.17) is 12.2 Å². The van der Waals surface area contributed by atoms with Gasteiger partial charge in [-0.15, -0.1) is 0 Å². The lowest BCUT2D eigenvalue weighted by Crippen LogP contribution is -2.52. The van der Waals surface area contributed by atoms with Gasteiger partial charge in [-0.1, -0.05) is 12.1 Å². The van der Waals surface area contributed by atoms with Crippen molar-refractivity contribution in [2.45, 2.75) is 38.9 Å². The van der Waals surface area contributed by atoms with Gasteiger partial charge in [0.1, 0.15) is 0 Å². The van der Waals surface area contributed by atoms with Gasteiger partial charge in [0.05, 0.1) is 11.0 Å². The van der Waals surface area contributed by atoms with Crippen LogP contribution in [0.15, 0.2) is 42.6 Å². The topological polar surface area (TPSA) is 63.3 Å². The largest absolute Gasteiger partial charge is 0.358 e. The van der Waals surface area contributed by atoms with Gasteiger partial charge in [0.15, 0.2) is 5.11 Å². The van der Waals surface area contributed by atoms with E-state index in [1.165, 1.54) is 6.07 Å². The Morgan fingerprint density at radius 2 is 2.04 bits per heavy atom. The van der Waals surface area contributed by atoms with Gasteiger partial charge < -0.3 is 14.8 Å². The molecule has 7 heteroatoms. The Morgan fingerprint density at radius 3 is 2.72 bits per heavy atom. The number of nitrogens with zero attached hydrogens (tertiary/aromatic N) is 3. The number of hydrogen-bond donors (Lipinski definition) is 1. The molecule has 1 aromatic heterocycles. The molecule has 1 aliphatic rings. The predicted octanol–water partition coefficient (Wildman–Crippen LogP) is 3.47. The van der Waals surface area contributed by atoms with Gasteiger partial charge in [0.25, 0.3) is 5.69 Å². The summed E-state index contributed by atoms with van der Waals surface area (Å²) < 4.78 is 2.18. The summed E-state index contributed by atoms with van der Waals surface area (Å²) in [6.45, 7) is 7.77. The van der Waals surface area contributed by atoms with Crippen molar-refractivity contribution in [3.63, 3.8) is 0 Å². The molecule has 0 saturated carbocycles. The van der Waals surface area contributed by atoms with Gasteiger partial charge in [-0.25, -0.2) is 0 Å². The number of thiocarbonyl (C=S) groups is 1. The highest BCUT2D eigenvalue weighted by atomic mass is 32.1. The minimum Gasteiger partial charge on any atom is -0.358 e. The average Bonchev–Trinajstić information content (AvgIpc) is 3.00. The van der Waals surface area contributed by atoms with Gasteiger partial charge in [-0.2, -0.15) is 0 Å². The molecule has 1 aromatic carbocycles. The van der Waals surface area contributed by atoms with Crippen molar-refractivity contribution in [1.29, 1.82) is 0 Å². The van der Waals surface area contributed by atoms with Gasteiger partial charge >= 0.3 is 0 Å². The van der Waals surface area contributed by atoms with E-state index in [9.17, 15) is 10.1 Å². The summed E-state index contributed by atoms with van der Waals surface area (Å²) in [5.74, 6) is 0. The van der Waals surface area contributed by atoms with Crippen molar-refractivity contribution in [3.05, 3.63) is 64.0 Å². The maximum absolute atomic E-state index is 11.2. The van der Waals surface area contributed by atoms with Gasteiger partial charge in [0.2, 0.25) is 0 Å². The summed E-state index contributed by atoms with van der Waals surface area (Å²) in [6, 6.07) is 10.7. The van der Waals surface area contributed by atoms with Crippen LogP contribution in [0, 0.1) is 10.1 Å². The number of nitro benzene ring substituents is 1. The molecule has 0 saturated heterocycles. The predicted molar refractivity (Wildman–Crippen MR) is 102 cm³/mol. The van der Waals surface area contributed by atoms with Crippen LogP contribution >= 0.6 is 12.2 Å². The standard InChI is InChI=1S/C18H22N4O2S/c1-18(2,3)19-17(25)21-11-10-20-9-5-8-15(20)16(21)13-6-4-7-14(12-13)22(23)24/h4-9,12,16H,10-11H2,1-3H3,(H,19,25). The zero-order valence-electron chi connectivity index (χ0n) is 14.6. The average molecular weight is 358 g/mol. The number of non-ortho nitro benzene ring substituents is 1. The molecular weight excluding hydrogens is 336 g/mol. The molecule has 3 rings (SSSR count). The zero-order valence-corrected chi connectivity index (χ0v) is 15.4. The normalized spacial score (nSPS) is 17.1. The number of hydrogen-bond acceptors (Lipinski definition) is 3. The smallest absolute Gasteiger partial charge is 0.269 e. The molecule has 2 heterocycles. The SMILES string of the molecule is CC(C)(C)NC(=S)N1CCn2cccc2C1c1cccc([N+](=O)[O-])c1. The molecule has 0 aliphatic carbocycles. The van der Waals surface area contributed by atoms with E-state index in [0.717, 1.165) is 24.3 Å². The van der Waals surface area contributed by atoms with E-state index >= 15 is 0 Å². The Balaban J connectivity index is 2.03. The Hall–Kier alpha value is -2.41. The first-order chi connectivity index (χ1) is 11.8. The summed E-state index contributed by atoms with van der Waals surface area (Å²) in [5.41, 5.74) is 1.90. The summed E-state index contributed by atoms with van der Waals surface area (Å²) in [4.78, 5) is 12.9. The molecule has 0 fully saturated rings. The fraction of sp³-hybridized carbons (Fsp3) is 0.389. The van der Waals surface area contributed by atoms with Crippen LogP contribution in [0.1, 0.15) is 38.1 Å². The van der Waals surface area contributed by atoms with E-state index in [1.54, 1.807) is 12.1 Å². The van der Waals surface area contributed by atoms with Gasteiger partial charge in [-0.05, 0) is 50.7 Å². The summed E-state index contributed by atoms with van der Waals surface area (Å²) in [5, 5.41) is 15.2. The third-order valence-corrected chi connectivity index (χ3v) is 4.51. The van der Waals surface area contributed by atoms with Crippen LogP contribution in [0.25, 0.3) is 0 Å². The van der Waals surface area contributed by atoms with Crippen LogP contribution in [-0.2, 0) is 6.54 Å². The Kier molecular flexibility index (Phi) is 4.51.